The Labute approximate surface area is 134 Å². The summed E-state index contributed by atoms with van der Waals surface area (Å²) in [4.78, 5) is 22.0. The molecule has 0 aliphatic carbocycles. The lowest BCUT2D eigenvalue weighted by molar-refractivity contribution is 0.0695. The molecule has 0 spiro atoms. The first-order valence-electron chi connectivity index (χ1n) is 8.09. The van der Waals surface area contributed by atoms with Crippen molar-refractivity contribution in [2.75, 3.05) is 13.1 Å². The number of rotatable bonds is 2. The van der Waals surface area contributed by atoms with E-state index in [2.05, 4.69) is 39.7 Å². The van der Waals surface area contributed by atoms with E-state index in [9.17, 15) is 4.79 Å². The highest BCUT2D eigenvalue weighted by Gasteiger charge is 2.26. The van der Waals surface area contributed by atoms with Gasteiger partial charge < -0.3 is 14.5 Å². The number of fused-ring (bicyclic) bond motifs is 1. The highest BCUT2D eigenvalue weighted by Crippen LogP contribution is 2.29. The number of para-hydroxylation sites is 2. The summed E-state index contributed by atoms with van der Waals surface area (Å²) in [5, 5.41) is 0. The average molecular weight is 308 g/mol. The van der Waals surface area contributed by atoms with Crippen LogP contribution in [0.4, 0.5) is 0 Å². The number of likely N-dealkylation sites (tertiary alicyclic amines) is 1. The van der Waals surface area contributed by atoms with Gasteiger partial charge in [-0.15, -0.1) is 0 Å². The first kappa shape index (κ1) is 14.1. The number of aromatic nitrogens is 3. The molecule has 5 heteroatoms. The minimum Gasteiger partial charge on any atom is -0.367 e. The van der Waals surface area contributed by atoms with Crippen molar-refractivity contribution in [3.63, 3.8) is 0 Å². The van der Waals surface area contributed by atoms with Crippen LogP contribution in [0.2, 0.25) is 0 Å². The maximum Gasteiger partial charge on any atom is 0.255 e. The number of carbonyl (C=O) groups excluding carboxylic acids is 1. The molecule has 1 saturated heterocycles. The highest BCUT2D eigenvalue weighted by atomic mass is 16.2. The Morgan fingerprint density at radius 2 is 2.00 bits per heavy atom. The maximum absolute atomic E-state index is 12.4. The first-order chi connectivity index (χ1) is 11.2. The van der Waals surface area contributed by atoms with Gasteiger partial charge in [0, 0.05) is 31.5 Å². The lowest BCUT2D eigenvalue weighted by Crippen LogP contribution is -2.39. The molecule has 1 aromatic carbocycles. The zero-order valence-corrected chi connectivity index (χ0v) is 13.2. The second kappa shape index (κ2) is 5.57. The molecule has 0 unspecified atom stereocenters. The molecule has 1 aliphatic heterocycles. The summed E-state index contributed by atoms with van der Waals surface area (Å²) >= 11 is 0. The van der Waals surface area contributed by atoms with E-state index in [1.54, 1.807) is 12.4 Å². The molecule has 5 nitrogen and oxygen atoms in total. The zero-order chi connectivity index (χ0) is 15.8. The van der Waals surface area contributed by atoms with Gasteiger partial charge in [0.15, 0.2) is 0 Å². The number of amides is 1. The monoisotopic (exact) mass is 308 g/mol. The van der Waals surface area contributed by atoms with Crippen LogP contribution in [0.3, 0.4) is 0 Å². The van der Waals surface area contributed by atoms with Crippen molar-refractivity contribution in [2.45, 2.75) is 25.8 Å². The largest absolute Gasteiger partial charge is 0.367 e. The molecule has 3 heterocycles. The van der Waals surface area contributed by atoms with Crippen molar-refractivity contribution in [1.29, 1.82) is 0 Å². The van der Waals surface area contributed by atoms with E-state index < -0.39 is 0 Å². The SMILES string of the molecule is Cc1nc2ccccc2n1C1CCN(C(=O)c2cc[nH]c2)CC1. The van der Waals surface area contributed by atoms with Crippen LogP contribution in [0.1, 0.15) is 35.1 Å². The fourth-order valence-electron chi connectivity index (χ4n) is 3.59. The predicted octanol–water partition coefficient (Wildman–Crippen LogP) is 3.15. The van der Waals surface area contributed by atoms with Crippen LogP contribution < -0.4 is 0 Å². The minimum absolute atomic E-state index is 0.122. The number of carbonyl (C=O) groups is 1. The number of hydrogen-bond acceptors (Lipinski definition) is 2. The van der Waals surface area contributed by atoms with E-state index in [-0.39, 0.29) is 5.91 Å². The van der Waals surface area contributed by atoms with E-state index in [4.69, 9.17) is 0 Å². The van der Waals surface area contributed by atoms with Crippen LogP contribution in [0.25, 0.3) is 11.0 Å². The van der Waals surface area contributed by atoms with E-state index in [0.29, 0.717) is 6.04 Å². The molecule has 0 atom stereocenters. The average Bonchev–Trinajstić information content (AvgIpc) is 3.21. The first-order valence-corrected chi connectivity index (χ1v) is 8.09. The standard InChI is InChI=1S/C18H20N4O/c1-13-20-16-4-2-3-5-17(16)22(13)15-7-10-21(11-8-15)18(23)14-6-9-19-12-14/h2-6,9,12,15,19H,7-8,10-11H2,1H3. The molecule has 0 bridgehead atoms. The summed E-state index contributed by atoms with van der Waals surface area (Å²) in [6, 6.07) is 10.5. The maximum atomic E-state index is 12.4. The number of piperidine rings is 1. The second-order valence-electron chi connectivity index (χ2n) is 6.14. The van der Waals surface area contributed by atoms with Gasteiger partial charge in [0.2, 0.25) is 0 Å². The number of benzene rings is 1. The fraction of sp³-hybridized carbons (Fsp3) is 0.333. The fourth-order valence-corrected chi connectivity index (χ4v) is 3.59. The third-order valence-corrected chi connectivity index (χ3v) is 4.73. The summed E-state index contributed by atoms with van der Waals surface area (Å²) in [5.41, 5.74) is 2.99. The molecule has 1 amide bonds. The Balaban J connectivity index is 1.53. The molecule has 0 saturated carbocycles. The van der Waals surface area contributed by atoms with Gasteiger partial charge in [0.25, 0.3) is 5.91 Å². The molecule has 2 aromatic heterocycles. The number of aromatic amines is 1. The summed E-state index contributed by atoms with van der Waals surface area (Å²) in [6.07, 6.45) is 5.50. The highest BCUT2D eigenvalue weighted by molar-refractivity contribution is 5.94. The van der Waals surface area contributed by atoms with Gasteiger partial charge >= 0.3 is 0 Å². The Hall–Kier alpha value is -2.56. The van der Waals surface area contributed by atoms with Gasteiger partial charge in [-0.05, 0) is 38.0 Å². The van der Waals surface area contributed by atoms with Crippen molar-refractivity contribution in [1.82, 2.24) is 19.4 Å². The van der Waals surface area contributed by atoms with Crippen molar-refractivity contribution in [3.05, 3.63) is 54.1 Å². The molecular weight excluding hydrogens is 288 g/mol. The van der Waals surface area contributed by atoms with Crippen LogP contribution in [0.15, 0.2) is 42.7 Å². The quantitative estimate of drug-likeness (QED) is 0.790. The van der Waals surface area contributed by atoms with E-state index >= 15 is 0 Å². The van der Waals surface area contributed by atoms with Crippen molar-refractivity contribution in [3.8, 4) is 0 Å². The minimum atomic E-state index is 0.122. The third kappa shape index (κ3) is 2.42. The van der Waals surface area contributed by atoms with Gasteiger partial charge in [-0.1, -0.05) is 12.1 Å². The molecule has 3 aromatic rings. The molecule has 0 radical (unpaired) electrons. The lowest BCUT2D eigenvalue weighted by Gasteiger charge is -2.33. The van der Waals surface area contributed by atoms with Crippen molar-refractivity contribution < 1.29 is 4.79 Å². The van der Waals surface area contributed by atoms with Gasteiger partial charge in [-0.2, -0.15) is 0 Å². The number of imidazole rings is 1. The van der Waals surface area contributed by atoms with Crippen LogP contribution >= 0.6 is 0 Å². The molecule has 118 valence electrons. The normalized spacial score (nSPS) is 16.1. The van der Waals surface area contributed by atoms with E-state index in [1.807, 2.05) is 17.0 Å². The summed E-state index contributed by atoms with van der Waals surface area (Å²) < 4.78 is 2.34. The third-order valence-electron chi connectivity index (χ3n) is 4.73. The number of hydrogen-bond donors (Lipinski definition) is 1. The Kier molecular flexibility index (Phi) is 3.41. The van der Waals surface area contributed by atoms with Crippen LogP contribution in [-0.2, 0) is 0 Å². The van der Waals surface area contributed by atoms with Gasteiger partial charge in [0.05, 0.1) is 16.6 Å². The molecule has 1 N–H and O–H groups in total. The topological polar surface area (TPSA) is 53.9 Å². The molecule has 23 heavy (non-hydrogen) atoms. The van der Waals surface area contributed by atoms with E-state index in [0.717, 1.165) is 42.8 Å². The Morgan fingerprint density at radius 3 is 2.74 bits per heavy atom. The van der Waals surface area contributed by atoms with Crippen molar-refractivity contribution in [2.24, 2.45) is 0 Å². The zero-order valence-electron chi connectivity index (χ0n) is 13.2. The second-order valence-corrected chi connectivity index (χ2v) is 6.14. The number of nitrogens with zero attached hydrogens (tertiary/aromatic N) is 3. The number of H-pyrrole nitrogens is 1. The summed E-state index contributed by atoms with van der Waals surface area (Å²) in [7, 11) is 0. The molecule has 1 fully saturated rings. The van der Waals surface area contributed by atoms with Gasteiger partial charge in [-0.3, -0.25) is 4.79 Å². The van der Waals surface area contributed by atoms with Crippen LogP contribution in [-0.4, -0.2) is 38.4 Å². The smallest absolute Gasteiger partial charge is 0.255 e. The van der Waals surface area contributed by atoms with Crippen molar-refractivity contribution >= 4 is 16.9 Å². The van der Waals surface area contributed by atoms with Gasteiger partial charge in [-0.25, -0.2) is 4.98 Å². The summed E-state index contributed by atoms with van der Waals surface area (Å²) in [6.45, 7) is 3.65. The predicted molar refractivity (Wildman–Crippen MR) is 89.4 cm³/mol. The number of aryl methyl sites for hydroxylation is 1. The molecule has 4 rings (SSSR count). The van der Waals surface area contributed by atoms with E-state index in [1.165, 1.54) is 5.52 Å². The number of nitrogens with one attached hydrogen (secondary N) is 1. The molecule has 1 aliphatic rings. The van der Waals surface area contributed by atoms with Gasteiger partial charge in [0.1, 0.15) is 5.82 Å². The Bertz CT molecular complexity index is 826. The van der Waals surface area contributed by atoms with Crippen LogP contribution in [0.5, 0.6) is 0 Å². The molecular formula is C18H20N4O. The summed E-state index contributed by atoms with van der Waals surface area (Å²) in [5.74, 6) is 1.18. The van der Waals surface area contributed by atoms with Crippen LogP contribution in [0, 0.1) is 6.92 Å². The lowest BCUT2D eigenvalue weighted by atomic mass is 10.0. The Morgan fingerprint density at radius 1 is 1.22 bits per heavy atom.